The lowest BCUT2D eigenvalue weighted by atomic mass is 9.97. The number of nitrogens with one attached hydrogen (secondary N) is 1. The van der Waals surface area contributed by atoms with Crippen LogP contribution in [0.1, 0.15) is 45.4 Å². The molecule has 0 unspecified atom stereocenters. The molecule has 148 valence electrons. The Balaban J connectivity index is 1.84. The highest BCUT2D eigenvalue weighted by atomic mass is 16.5. The maximum Gasteiger partial charge on any atom is 0.226 e. The van der Waals surface area contributed by atoms with E-state index in [4.69, 9.17) is 9.47 Å². The van der Waals surface area contributed by atoms with Crippen LogP contribution in [0.15, 0.2) is 29.8 Å². The van der Waals surface area contributed by atoms with Gasteiger partial charge in [-0.15, -0.1) is 0 Å². The predicted octanol–water partition coefficient (Wildman–Crippen LogP) is 3.77. The lowest BCUT2D eigenvalue weighted by Gasteiger charge is -2.22. The highest BCUT2D eigenvalue weighted by molar-refractivity contribution is 5.91. The van der Waals surface area contributed by atoms with Gasteiger partial charge in [-0.05, 0) is 44.2 Å². The number of ether oxygens (including phenoxy) is 2. The zero-order chi connectivity index (χ0) is 19.6. The molecule has 0 spiro atoms. The number of allylic oxidation sites excluding steroid dienone is 1. The Kier molecular flexibility index (Phi) is 8.17. The minimum absolute atomic E-state index is 0.00493. The van der Waals surface area contributed by atoms with E-state index >= 15 is 0 Å². The fraction of sp³-hybridized carbons (Fsp3) is 0.524. The average molecular weight is 374 g/mol. The molecule has 0 saturated heterocycles. The van der Waals surface area contributed by atoms with Gasteiger partial charge >= 0.3 is 0 Å². The molecule has 1 aromatic rings. The van der Waals surface area contributed by atoms with Crippen LogP contribution in [0.5, 0.6) is 11.5 Å². The highest BCUT2D eigenvalue weighted by Gasteiger charge is 2.14. The van der Waals surface area contributed by atoms with Crippen LogP contribution < -0.4 is 14.8 Å². The average Bonchev–Trinajstić information content (AvgIpc) is 2.68. The number of hydrogen-bond acceptors (Lipinski definition) is 4. The predicted molar refractivity (Wildman–Crippen MR) is 106 cm³/mol. The second-order valence-electron chi connectivity index (χ2n) is 6.73. The Morgan fingerprint density at radius 2 is 1.89 bits per heavy atom. The van der Waals surface area contributed by atoms with Crippen LogP contribution in [0.4, 0.5) is 5.69 Å². The standard InChI is InChI=1S/C21H30N2O4/c1-16(24)23(13-11-17-7-5-4-6-8-17)14-12-21(25)22-18-9-10-19(26-2)20(15-18)27-3/h7,9-10,15H,4-6,8,11-14H2,1-3H3,(H,22,25). The van der Waals surface area contributed by atoms with Crippen molar-refractivity contribution in [2.45, 2.75) is 45.4 Å². The number of amides is 2. The molecule has 1 aliphatic carbocycles. The molecule has 0 heterocycles. The fourth-order valence-electron chi connectivity index (χ4n) is 3.21. The summed E-state index contributed by atoms with van der Waals surface area (Å²) in [5, 5.41) is 2.84. The Morgan fingerprint density at radius 3 is 2.52 bits per heavy atom. The molecule has 0 fully saturated rings. The number of anilines is 1. The maximum atomic E-state index is 12.3. The maximum absolute atomic E-state index is 12.3. The number of hydrogen-bond donors (Lipinski definition) is 1. The minimum atomic E-state index is -0.134. The van der Waals surface area contributed by atoms with Crippen molar-refractivity contribution in [3.05, 3.63) is 29.8 Å². The summed E-state index contributed by atoms with van der Waals surface area (Å²) >= 11 is 0. The van der Waals surface area contributed by atoms with Crippen LogP contribution in [0, 0.1) is 0 Å². The topological polar surface area (TPSA) is 67.9 Å². The van der Waals surface area contributed by atoms with Gasteiger partial charge in [-0.2, -0.15) is 0 Å². The monoisotopic (exact) mass is 374 g/mol. The smallest absolute Gasteiger partial charge is 0.226 e. The number of carbonyl (C=O) groups excluding carboxylic acids is 2. The van der Waals surface area contributed by atoms with Crippen LogP contribution in [-0.2, 0) is 9.59 Å². The van der Waals surface area contributed by atoms with E-state index in [1.807, 2.05) is 0 Å². The van der Waals surface area contributed by atoms with Crippen molar-refractivity contribution in [3.63, 3.8) is 0 Å². The first kappa shape index (κ1) is 20.8. The number of rotatable bonds is 9. The molecule has 6 heteroatoms. The van der Waals surface area contributed by atoms with Crippen molar-refractivity contribution in [2.75, 3.05) is 32.6 Å². The molecule has 2 rings (SSSR count). The van der Waals surface area contributed by atoms with Crippen molar-refractivity contribution in [1.29, 1.82) is 0 Å². The fourth-order valence-corrected chi connectivity index (χ4v) is 3.21. The molecule has 0 radical (unpaired) electrons. The summed E-state index contributed by atoms with van der Waals surface area (Å²) in [6, 6.07) is 5.22. The molecule has 0 bridgehead atoms. The molecule has 0 aromatic heterocycles. The molecule has 0 atom stereocenters. The molecule has 6 nitrogen and oxygen atoms in total. The Morgan fingerprint density at radius 1 is 1.11 bits per heavy atom. The zero-order valence-electron chi connectivity index (χ0n) is 16.5. The van der Waals surface area contributed by atoms with E-state index in [-0.39, 0.29) is 18.2 Å². The molecule has 2 amide bonds. The lowest BCUT2D eigenvalue weighted by Crippen LogP contribution is -2.33. The first-order chi connectivity index (χ1) is 13.0. The SMILES string of the molecule is COc1ccc(NC(=O)CCN(CCC2=CCCCC2)C(C)=O)cc1OC. The van der Waals surface area contributed by atoms with Gasteiger partial charge in [0.2, 0.25) is 11.8 Å². The summed E-state index contributed by atoms with van der Waals surface area (Å²) in [6.07, 6.45) is 8.22. The van der Waals surface area contributed by atoms with Gasteiger partial charge < -0.3 is 19.7 Å². The molecule has 27 heavy (non-hydrogen) atoms. The summed E-state index contributed by atoms with van der Waals surface area (Å²) in [5.74, 6) is 1.03. The van der Waals surface area contributed by atoms with Crippen LogP contribution in [0.2, 0.25) is 0 Å². The van der Waals surface area contributed by atoms with E-state index in [1.165, 1.54) is 18.4 Å². The van der Waals surface area contributed by atoms with Gasteiger partial charge in [-0.25, -0.2) is 0 Å². The molecule has 1 N–H and O–H groups in total. The van der Waals surface area contributed by atoms with E-state index in [0.717, 1.165) is 19.3 Å². The highest BCUT2D eigenvalue weighted by Crippen LogP contribution is 2.29. The quantitative estimate of drug-likeness (QED) is 0.668. The van der Waals surface area contributed by atoms with Gasteiger partial charge in [0.25, 0.3) is 0 Å². The van der Waals surface area contributed by atoms with E-state index in [1.54, 1.807) is 44.2 Å². The first-order valence-electron chi connectivity index (χ1n) is 9.48. The van der Waals surface area contributed by atoms with E-state index in [2.05, 4.69) is 11.4 Å². The number of methoxy groups -OCH3 is 2. The Labute approximate surface area is 161 Å². The van der Waals surface area contributed by atoms with E-state index in [9.17, 15) is 9.59 Å². The number of nitrogens with zero attached hydrogens (tertiary/aromatic N) is 1. The van der Waals surface area contributed by atoms with Crippen molar-refractivity contribution >= 4 is 17.5 Å². The Hall–Kier alpha value is -2.50. The van der Waals surface area contributed by atoms with Crippen molar-refractivity contribution < 1.29 is 19.1 Å². The lowest BCUT2D eigenvalue weighted by molar-refractivity contribution is -0.129. The third-order valence-corrected chi connectivity index (χ3v) is 4.81. The largest absolute Gasteiger partial charge is 0.493 e. The summed E-state index contributed by atoms with van der Waals surface area (Å²) in [6.45, 7) is 2.65. The van der Waals surface area contributed by atoms with E-state index in [0.29, 0.717) is 30.3 Å². The third kappa shape index (κ3) is 6.62. The minimum Gasteiger partial charge on any atom is -0.493 e. The summed E-state index contributed by atoms with van der Waals surface area (Å²) in [4.78, 5) is 25.9. The zero-order valence-corrected chi connectivity index (χ0v) is 16.5. The molecule has 1 aromatic carbocycles. The third-order valence-electron chi connectivity index (χ3n) is 4.81. The second-order valence-corrected chi connectivity index (χ2v) is 6.73. The Bertz CT molecular complexity index is 685. The van der Waals surface area contributed by atoms with Gasteiger partial charge in [0.15, 0.2) is 11.5 Å². The van der Waals surface area contributed by atoms with Crippen molar-refractivity contribution in [1.82, 2.24) is 4.90 Å². The van der Waals surface area contributed by atoms with Gasteiger partial charge in [0, 0.05) is 38.2 Å². The first-order valence-corrected chi connectivity index (χ1v) is 9.48. The van der Waals surface area contributed by atoms with Gasteiger partial charge in [0.1, 0.15) is 0 Å². The van der Waals surface area contributed by atoms with Gasteiger partial charge in [-0.3, -0.25) is 9.59 Å². The van der Waals surface area contributed by atoms with Crippen molar-refractivity contribution in [3.8, 4) is 11.5 Å². The van der Waals surface area contributed by atoms with Crippen LogP contribution in [0.3, 0.4) is 0 Å². The molecule has 0 saturated carbocycles. The van der Waals surface area contributed by atoms with Crippen LogP contribution in [0.25, 0.3) is 0 Å². The van der Waals surface area contributed by atoms with Crippen molar-refractivity contribution in [2.24, 2.45) is 0 Å². The summed E-state index contributed by atoms with van der Waals surface area (Å²) in [5.41, 5.74) is 2.07. The summed E-state index contributed by atoms with van der Waals surface area (Å²) in [7, 11) is 3.12. The van der Waals surface area contributed by atoms with Crippen LogP contribution in [-0.4, -0.2) is 44.0 Å². The van der Waals surface area contributed by atoms with Crippen LogP contribution >= 0.6 is 0 Å². The molecule has 1 aliphatic rings. The second kappa shape index (κ2) is 10.6. The normalized spacial score (nSPS) is 13.5. The summed E-state index contributed by atoms with van der Waals surface area (Å²) < 4.78 is 10.4. The van der Waals surface area contributed by atoms with Gasteiger partial charge in [-0.1, -0.05) is 11.6 Å². The number of carbonyl (C=O) groups is 2. The van der Waals surface area contributed by atoms with Gasteiger partial charge in [0.05, 0.1) is 14.2 Å². The molecular formula is C21H30N2O4. The van der Waals surface area contributed by atoms with E-state index < -0.39 is 0 Å². The molecule has 0 aliphatic heterocycles. The molecular weight excluding hydrogens is 344 g/mol. The number of benzene rings is 1.